The van der Waals surface area contributed by atoms with Crippen LogP contribution >= 0.6 is 0 Å². The van der Waals surface area contributed by atoms with Crippen LogP contribution in [0.25, 0.3) is 5.65 Å². The molecule has 0 amide bonds. The zero-order valence-electron chi connectivity index (χ0n) is 8.82. The van der Waals surface area contributed by atoms with E-state index in [4.69, 9.17) is 5.73 Å². The molecule has 1 aliphatic rings. The first-order valence-electron chi connectivity index (χ1n) is 5.39. The van der Waals surface area contributed by atoms with Crippen LogP contribution in [0.3, 0.4) is 0 Å². The average Bonchev–Trinajstić information content (AvgIpc) is 2.75. The number of nitrogens with zero attached hydrogens (tertiary/aromatic N) is 6. The monoisotopic (exact) mass is 219 g/mol. The molecule has 0 spiro atoms. The Hall–Kier alpha value is -1.76. The molecule has 3 rings (SSSR count). The Balaban J connectivity index is 1.92. The third-order valence-electron chi connectivity index (χ3n) is 2.84. The fourth-order valence-corrected chi connectivity index (χ4v) is 2.03. The summed E-state index contributed by atoms with van der Waals surface area (Å²) < 4.78 is 1.44. The molecule has 0 unspecified atom stereocenters. The molecule has 7 heteroatoms. The summed E-state index contributed by atoms with van der Waals surface area (Å²) in [5, 5.41) is 15.5. The zero-order valence-corrected chi connectivity index (χ0v) is 8.82. The summed E-state index contributed by atoms with van der Waals surface area (Å²) in [6.07, 6.45) is 2.19. The highest BCUT2D eigenvalue weighted by Gasteiger charge is 2.18. The molecule has 1 aliphatic heterocycles. The molecule has 7 nitrogen and oxygen atoms in total. The van der Waals surface area contributed by atoms with E-state index >= 15 is 0 Å². The molecule has 0 radical (unpaired) electrons. The molecular weight excluding hydrogens is 206 g/mol. The van der Waals surface area contributed by atoms with Gasteiger partial charge < -0.3 is 10.6 Å². The topological polar surface area (TPSA) is 85.2 Å². The van der Waals surface area contributed by atoms with Crippen molar-refractivity contribution in [3.63, 3.8) is 0 Å². The molecule has 0 aliphatic carbocycles. The van der Waals surface area contributed by atoms with Crippen molar-refractivity contribution in [3.8, 4) is 0 Å². The minimum Gasteiger partial charge on any atom is -0.354 e. The normalized spacial score (nSPS) is 21.6. The van der Waals surface area contributed by atoms with Gasteiger partial charge in [0, 0.05) is 19.1 Å². The van der Waals surface area contributed by atoms with Crippen molar-refractivity contribution in [2.24, 2.45) is 5.73 Å². The fraction of sp³-hybridized carbons (Fsp3) is 0.556. The van der Waals surface area contributed by atoms with Gasteiger partial charge >= 0.3 is 0 Å². The minimum absolute atomic E-state index is 0.236. The summed E-state index contributed by atoms with van der Waals surface area (Å²) in [5.74, 6) is 0.884. The van der Waals surface area contributed by atoms with Gasteiger partial charge in [0.05, 0.1) is 0 Å². The molecule has 2 aromatic heterocycles. The van der Waals surface area contributed by atoms with E-state index in [1.165, 1.54) is 4.63 Å². The maximum absolute atomic E-state index is 5.94. The van der Waals surface area contributed by atoms with E-state index in [0.29, 0.717) is 5.65 Å². The van der Waals surface area contributed by atoms with E-state index in [0.717, 1.165) is 31.7 Å². The number of nitrogens with two attached hydrogens (primary N) is 1. The molecule has 0 aromatic carbocycles. The summed E-state index contributed by atoms with van der Waals surface area (Å²) in [7, 11) is 0. The highest BCUT2D eigenvalue weighted by atomic mass is 15.6. The van der Waals surface area contributed by atoms with Crippen LogP contribution in [0, 0.1) is 0 Å². The van der Waals surface area contributed by atoms with Crippen molar-refractivity contribution >= 4 is 11.5 Å². The minimum atomic E-state index is 0.236. The average molecular weight is 219 g/mol. The van der Waals surface area contributed by atoms with Crippen LogP contribution in [0.2, 0.25) is 0 Å². The summed E-state index contributed by atoms with van der Waals surface area (Å²) in [5.41, 5.74) is 6.60. The lowest BCUT2D eigenvalue weighted by Crippen LogP contribution is -2.43. The molecular formula is C9H13N7. The van der Waals surface area contributed by atoms with Crippen LogP contribution < -0.4 is 10.6 Å². The highest BCUT2D eigenvalue weighted by molar-refractivity contribution is 5.44. The van der Waals surface area contributed by atoms with E-state index in [1.54, 1.807) is 0 Å². The Morgan fingerprint density at radius 1 is 1.38 bits per heavy atom. The van der Waals surface area contributed by atoms with Gasteiger partial charge in [0.15, 0.2) is 11.5 Å². The summed E-state index contributed by atoms with van der Waals surface area (Å²) in [6.45, 7) is 1.84. The standard InChI is InChI=1S/C9H13N7/c10-7-2-1-5-15(6-7)9-4-3-8-11-13-14-16(8)12-9/h3-4,7H,1-2,5-6,10H2/t7-/m1/s1. The Kier molecular flexibility index (Phi) is 2.17. The SMILES string of the molecule is N[C@@H]1CCCN(c2ccc3nnnn3n2)C1. The molecule has 0 saturated carbocycles. The molecule has 1 fully saturated rings. The van der Waals surface area contributed by atoms with Crippen molar-refractivity contribution in [3.05, 3.63) is 12.1 Å². The number of hydrogen-bond donors (Lipinski definition) is 1. The van der Waals surface area contributed by atoms with Gasteiger partial charge in [-0.3, -0.25) is 0 Å². The largest absolute Gasteiger partial charge is 0.354 e. The molecule has 2 N–H and O–H groups in total. The van der Waals surface area contributed by atoms with Gasteiger partial charge in [-0.1, -0.05) is 0 Å². The van der Waals surface area contributed by atoms with Crippen LogP contribution in [-0.2, 0) is 0 Å². The van der Waals surface area contributed by atoms with Gasteiger partial charge in [-0.2, -0.15) is 0 Å². The Bertz CT molecular complexity index is 493. The third kappa shape index (κ3) is 1.58. The quantitative estimate of drug-likeness (QED) is 0.692. The lowest BCUT2D eigenvalue weighted by Gasteiger charge is -2.31. The van der Waals surface area contributed by atoms with Crippen molar-refractivity contribution in [2.75, 3.05) is 18.0 Å². The fourth-order valence-electron chi connectivity index (χ4n) is 2.03. The molecule has 84 valence electrons. The lowest BCUT2D eigenvalue weighted by molar-refractivity contribution is 0.500. The number of anilines is 1. The molecule has 3 heterocycles. The predicted molar refractivity (Wildman–Crippen MR) is 58.0 cm³/mol. The predicted octanol–water partition coefficient (Wildman–Crippen LogP) is -0.553. The van der Waals surface area contributed by atoms with Gasteiger partial charge in [0.2, 0.25) is 0 Å². The van der Waals surface area contributed by atoms with Crippen molar-refractivity contribution in [2.45, 2.75) is 18.9 Å². The summed E-state index contributed by atoms with van der Waals surface area (Å²) >= 11 is 0. The molecule has 1 saturated heterocycles. The van der Waals surface area contributed by atoms with Crippen molar-refractivity contribution < 1.29 is 0 Å². The smallest absolute Gasteiger partial charge is 0.200 e. The van der Waals surface area contributed by atoms with Gasteiger partial charge in [-0.05, 0) is 35.4 Å². The zero-order chi connectivity index (χ0) is 11.0. The van der Waals surface area contributed by atoms with Crippen LogP contribution in [-0.4, -0.2) is 44.4 Å². The summed E-state index contributed by atoms with van der Waals surface area (Å²) in [6, 6.07) is 4.03. The van der Waals surface area contributed by atoms with Crippen LogP contribution in [0.15, 0.2) is 12.1 Å². The van der Waals surface area contributed by atoms with Crippen LogP contribution in [0.5, 0.6) is 0 Å². The van der Waals surface area contributed by atoms with E-state index in [2.05, 4.69) is 25.5 Å². The van der Waals surface area contributed by atoms with Crippen molar-refractivity contribution in [1.29, 1.82) is 0 Å². The van der Waals surface area contributed by atoms with E-state index in [1.807, 2.05) is 12.1 Å². The Labute approximate surface area is 92.2 Å². The second kappa shape index (κ2) is 3.67. The second-order valence-corrected chi connectivity index (χ2v) is 4.07. The molecule has 16 heavy (non-hydrogen) atoms. The third-order valence-corrected chi connectivity index (χ3v) is 2.84. The van der Waals surface area contributed by atoms with Gasteiger partial charge in [0.25, 0.3) is 0 Å². The van der Waals surface area contributed by atoms with Gasteiger partial charge in [-0.25, -0.2) is 0 Å². The van der Waals surface area contributed by atoms with Gasteiger partial charge in [0.1, 0.15) is 0 Å². The maximum atomic E-state index is 5.94. The van der Waals surface area contributed by atoms with Crippen LogP contribution in [0.4, 0.5) is 5.82 Å². The van der Waals surface area contributed by atoms with E-state index in [9.17, 15) is 0 Å². The first-order chi connectivity index (χ1) is 7.83. The number of hydrogen-bond acceptors (Lipinski definition) is 6. The van der Waals surface area contributed by atoms with Crippen molar-refractivity contribution in [1.82, 2.24) is 25.3 Å². The number of aromatic nitrogens is 5. The van der Waals surface area contributed by atoms with E-state index < -0.39 is 0 Å². The maximum Gasteiger partial charge on any atom is 0.200 e. The van der Waals surface area contributed by atoms with Gasteiger partial charge in [-0.15, -0.1) is 14.8 Å². The Morgan fingerprint density at radius 2 is 2.31 bits per heavy atom. The lowest BCUT2D eigenvalue weighted by atomic mass is 10.1. The molecule has 0 bridgehead atoms. The molecule has 2 aromatic rings. The first kappa shape index (κ1) is 9.46. The van der Waals surface area contributed by atoms with Crippen LogP contribution in [0.1, 0.15) is 12.8 Å². The number of piperidine rings is 1. The second-order valence-electron chi connectivity index (χ2n) is 4.07. The highest BCUT2D eigenvalue weighted by Crippen LogP contribution is 2.16. The Morgan fingerprint density at radius 3 is 3.19 bits per heavy atom. The summed E-state index contributed by atoms with van der Waals surface area (Å²) in [4.78, 5) is 2.18. The number of tetrazole rings is 1. The molecule has 1 atom stereocenters. The first-order valence-corrected chi connectivity index (χ1v) is 5.39. The van der Waals surface area contributed by atoms with E-state index in [-0.39, 0.29) is 6.04 Å². The number of rotatable bonds is 1. The number of fused-ring (bicyclic) bond motifs is 1.